The van der Waals surface area contributed by atoms with Crippen molar-refractivity contribution in [3.63, 3.8) is 0 Å². The van der Waals surface area contributed by atoms with E-state index in [4.69, 9.17) is 5.84 Å². The summed E-state index contributed by atoms with van der Waals surface area (Å²) in [6, 6.07) is 0. The van der Waals surface area contributed by atoms with Crippen LogP contribution in [-0.2, 0) is 0 Å². The zero-order chi connectivity index (χ0) is 11.6. The number of nitrogens with one attached hydrogen (secondary N) is 1. The molecule has 5 heteroatoms. The summed E-state index contributed by atoms with van der Waals surface area (Å²) in [7, 11) is 0. The third-order valence-corrected chi connectivity index (χ3v) is 1.19. The maximum Gasteiger partial charge on any atom is 0.293 e. The van der Waals surface area contributed by atoms with Gasteiger partial charge in [0.25, 0.3) is 5.70 Å². The summed E-state index contributed by atoms with van der Waals surface area (Å²) < 4.78 is 0. The van der Waals surface area contributed by atoms with Gasteiger partial charge < -0.3 is 5.43 Å². The van der Waals surface area contributed by atoms with E-state index in [0.717, 1.165) is 0 Å². The number of hydrogen-bond donors (Lipinski definition) is 2. The fourth-order valence-corrected chi connectivity index (χ4v) is 0.666. The second-order valence-electron chi connectivity index (χ2n) is 1.89. The molecule has 0 aromatic heterocycles. The highest BCUT2D eigenvalue weighted by atomic mass is 16.6. The Bertz CT molecular complexity index is 244. The number of rotatable bonds is 4. The van der Waals surface area contributed by atoms with Crippen LogP contribution in [0.4, 0.5) is 0 Å². The summed E-state index contributed by atoms with van der Waals surface area (Å²) in [5.41, 5.74) is 2.38. The van der Waals surface area contributed by atoms with Crippen LogP contribution in [0.25, 0.3) is 0 Å². The average Bonchev–Trinajstić information content (AvgIpc) is 2.21. The van der Waals surface area contributed by atoms with Crippen molar-refractivity contribution >= 4 is 0 Å². The largest absolute Gasteiger partial charge is 0.319 e. The summed E-state index contributed by atoms with van der Waals surface area (Å²) in [4.78, 5) is 9.87. The Balaban J connectivity index is 0. The fraction of sp³-hybridized carbons (Fsp3) is 0.333. The molecule has 0 aliphatic heterocycles. The predicted octanol–water partition coefficient (Wildman–Crippen LogP) is 1.73. The van der Waals surface area contributed by atoms with E-state index in [1.54, 1.807) is 6.92 Å². The third kappa shape index (κ3) is 5.10. The second kappa shape index (κ2) is 9.47. The summed E-state index contributed by atoms with van der Waals surface area (Å²) in [6.45, 7) is 9.01. The van der Waals surface area contributed by atoms with Crippen LogP contribution in [0.2, 0.25) is 0 Å². The van der Waals surface area contributed by atoms with Crippen molar-refractivity contribution in [2.75, 3.05) is 0 Å². The minimum atomic E-state index is -0.531. The molecule has 0 aromatic rings. The SMILES string of the molecule is C=C/C=C(\C(=C/C)NN)[N+](=O)[O-].CC. The van der Waals surface area contributed by atoms with Crippen molar-refractivity contribution in [2.45, 2.75) is 20.8 Å². The normalized spacial score (nSPS) is 11.1. The van der Waals surface area contributed by atoms with Crippen LogP contribution >= 0.6 is 0 Å². The van der Waals surface area contributed by atoms with Gasteiger partial charge in [0.15, 0.2) is 0 Å². The quantitative estimate of drug-likeness (QED) is 0.312. The van der Waals surface area contributed by atoms with E-state index in [-0.39, 0.29) is 11.4 Å². The maximum atomic E-state index is 10.4. The van der Waals surface area contributed by atoms with Gasteiger partial charge in [0, 0.05) is 6.08 Å². The standard InChI is InChI=1S/C7H11N3O2.C2H6/c1-3-5-7(10(11)12)6(4-2)9-8;1-2/h3-5,9H,1,8H2,2H3;1-2H3/b6-4+,7-5+;. The van der Waals surface area contributed by atoms with Crippen LogP contribution < -0.4 is 11.3 Å². The highest BCUT2D eigenvalue weighted by Gasteiger charge is 2.13. The van der Waals surface area contributed by atoms with Gasteiger partial charge in [-0.25, -0.2) is 0 Å². The molecule has 0 amide bonds. The van der Waals surface area contributed by atoms with Gasteiger partial charge in [0.2, 0.25) is 0 Å². The van der Waals surface area contributed by atoms with E-state index in [9.17, 15) is 10.1 Å². The molecule has 0 radical (unpaired) electrons. The van der Waals surface area contributed by atoms with Crippen molar-refractivity contribution in [3.05, 3.63) is 46.3 Å². The van der Waals surface area contributed by atoms with Crippen molar-refractivity contribution in [1.29, 1.82) is 0 Å². The molecule has 0 bridgehead atoms. The Morgan fingerprint density at radius 2 is 2.07 bits per heavy atom. The summed E-state index contributed by atoms with van der Waals surface area (Å²) in [5, 5.41) is 10.4. The zero-order valence-corrected chi connectivity index (χ0v) is 8.78. The fourth-order valence-electron chi connectivity index (χ4n) is 0.666. The number of nitro groups is 1. The summed E-state index contributed by atoms with van der Waals surface area (Å²) in [6.07, 6.45) is 4.12. The molecule has 0 aliphatic carbocycles. The number of nitrogens with two attached hydrogens (primary N) is 1. The zero-order valence-electron chi connectivity index (χ0n) is 8.78. The lowest BCUT2D eigenvalue weighted by Crippen LogP contribution is -2.24. The molecule has 0 saturated carbocycles. The van der Waals surface area contributed by atoms with E-state index in [1.807, 2.05) is 13.8 Å². The monoisotopic (exact) mass is 199 g/mol. The number of allylic oxidation sites excluding steroid dienone is 3. The highest BCUT2D eigenvalue weighted by Crippen LogP contribution is 2.05. The average molecular weight is 199 g/mol. The van der Waals surface area contributed by atoms with E-state index in [0.29, 0.717) is 0 Å². The molecular formula is C9H17N3O2. The minimum Gasteiger partial charge on any atom is -0.319 e. The molecule has 0 atom stereocenters. The lowest BCUT2D eigenvalue weighted by molar-refractivity contribution is -0.421. The number of hydrazine groups is 1. The molecule has 0 saturated heterocycles. The first-order chi connectivity index (χ1) is 6.67. The van der Waals surface area contributed by atoms with Crippen molar-refractivity contribution in [2.24, 2.45) is 5.84 Å². The first-order valence-corrected chi connectivity index (χ1v) is 4.27. The Labute approximate surface area is 84.1 Å². The van der Waals surface area contributed by atoms with E-state index < -0.39 is 4.92 Å². The third-order valence-electron chi connectivity index (χ3n) is 1.19. The number of hydrogen-bond acceptors (Lipinski definition) is 4. The Morgan fingerprint density at radius 1 is 1.57 bits per heavy atom. The molecular weight excluding hydrogens is 182 g/mol. The first kappa shape index (κ1) is 14.9. The van der Waals surface area contributed by atoms with Crippen molar-refractivity contribution < 1.29 is 4.92 Å². The van der Waals surface area contributed by atoms with E-state index in [2.05, 4.69) is 12.0 Å². The van der Waals surface area contributed by atoms with Gasteiger partial charge >= 0.3 is 0 Å². The molecule has 0 aliphatic rings. The van der Waals surface area contributed by atoms with Crippen LogP contribution in [0.15, 0.2) is 36.2 Å². The molecule has 0 fully saturated rings. The Kier molecular flexibility index (Phi) is 10.1. The minimum absolute atomic E-state index is 0.102. The lowest BCUT2D eigenvalue weighted by Gasteiger charge is -2.01. The van der Waals surface area contributed by atoms with Gasteiger partial charge in [-0.15, -0.1) is 0 Å². The molecule has 0 heterocycles. The molecule has 80 valence electrons. The summed E-state index contributed by atoms with van der Waals surface area (Å²) in [5.74, 6) is 5.05. The topological polar surface area (TPSA) is 81.2 Å². The van der Waals surface area contributed by atoms with Crippen molar-refractivity contribution in [3.8, 4) is 0 Å². The van der Waals surface area contributed by atoms with Gasteiger partial charge in [-0.3, -0.25) is 16.0 Å². The van der Waals surface area contributed by atoms with Gasteiger partial charge in [-0.05, 0) is 6.92 Å². The molecule has 5 nitrogen and oxygen atoms in total. The molecule has 0 rings (SSSR count). The highest BCUT2D eigenvalue weighted by molar-refractivity contribution is 5.25. The molecule has 0 unspecified atom stereocenters. The molecule has 14 heavy (non-hydrogen) atoms. The first-order valence-electron chi connectivity index (χ1n) is 4.27. The van der Waals surface area contributed by atoms with Gasteiger partial charge in [-0.1, -0.05) is 32.6 Å². The van der Waals surface area contributed by atoms with Crippen LogP contribution in [0.3, 0.4) is 0 Å². The van der Waals surface area contributed by atoms with E-state index in [1.165, 1.54) is 18.2 Å². The van der Waals surface area contributed by atoms with Crippen LogP contribution in [0, 0.1) is 10.1 Å². The Morgan fingerprint density at radius 3 is 2.29 bits per heavy atom. The Hall–Kier alpha value is -1.62. The molecule has 0 aromatic carbocycles. The van der Waals surface area contributed by atoms with Crippen molar-refractivity contribution in [1.82, 2.24) is 5.43 Å². The smallest absolute Gasteiger partial charge is 0.293 e. The maximum absolute atomic E-state index is 10.4. The second-order valence-corrected chi connectivity index (χ2v) is 1.89. The molecule has 3 N–H and O–H groups in total. The van der Waals surface area contributed by atoms with Gasteiger partial charge in [0.05, 0.1) is 4.92 Å². The lowest BCUT2D eigenvalue weighted by atomic mass is 10.3. The van der Waals surface area contributed by atoms with Gasteiger partial charge in [-0.2, -0.15) is 0 Å². The van der Waals surface area contributed by atoms with Crippen LogP contribution in [-0.4, -0.2) is 4.92 Å². The van der Waals surface area contributed by atoms with Crippen LogP contribution in [0.5, 0.6) is 0 Å². The van der Waals surface area contributed by atoms with Gasteiger partial charge in [0.1, 0.15) is 5.70 Å². The van der Waals surface area contributed by atoms with Crippen LogP contribution in [0.1, 0.15) is 20.8 Å². The number of nitrogens with zero attached hydrogens (tertiary/aromatic N) is 1. The molecule has 0 spiro atoms. The summed E-state index contributed by atoms with van der Waals surface area (Å²) >= 11 is 0. The predicted molar refractivity (Wildman–Crippen MR) is 57.7 cm³/mol. The van der Waals surface area contributed by atoms with E-state index >= 15 is 0 Å².